The van der Waals surface area contributed by atoms with E-state index in [0.29, 0.717) is 28.7 Å². The van der Waals surface area contributed by atoms with Gasteiger partial charge in [-0.1, -0.05) is 11.6 Å². The Morgan fingerprint density at radius 2 is 1.96 bits per heavy atom. The van der Waals surface area contributed by atoms with Crippen LogP contribution < -0.4 is 15.8 Å². The number of rotatable bonds is 8. The number of hydrogen-bond donors (Lipinski definition) is 2. The Bertz CT molecular complexity index is 851. The number of carbonyl (C=O) groups is 2. The molecular weight excluding hydrogens is 398 g/mol. The van der Waals surface area contributed by atoms with E-state index in [9.17, 15) is 9.59 Å². The summed E-state index contributed by atoms with van der Waals surface area (Å²) in [4.78, 5) is 27.4. The highest BCUT2D eigenvalue weighted by molar-refractivity contribution is 7.17. The van der Waals surface area contributed by atoms with E-state index in [1.54, 1.807) is 24.3 Å². The zero-order valence-corrected chi connectivity index (χ0v) is 17.4. The van der Waals surface area contributed by atoms with E-state index >= 15 is 0 Å². The number of aryl methyl sites for hydroxylation is 1. The van der Waals surface area contributed by atoms with Crippen LogP contribution in [0, 0.1) is 0 Å². The van der Waals surface area contributed by atoms with Crippen LogP contribution in [-0.2, 0) is 17.6 Å². The van der Waals surface area contributed by atoms with Gasteiger partial charge in [0.25, 0.3) is 5.91 Å². The molecule has 8 heteroatoms. The molecule has 1 aromatic heterocycles. The summed E-state index contributed by atoms with van der Waals surface area (Å²) in [6, 6.07) is 7.15. The highest BCUT2D eigenvalue weighted by Gasteiger charge is 2.25. The van der Waals surface area contributed by atoms with Gasteiger partial charge in [0.05, 0.1) is 12.1 Å². The molecular formula is C20H24ClN3O3S. The van der Waals surface area contributed by atoms with Crippen LogP contribution in [-0.4, -0.2) is 43.5 Å². The highest BCUT2D eigenvalue weighted by atomic mass is 35.5. The van der Waals surface area contributed by atoms with Crippen molar-refractivity contribution in [3.05, 3.63) is 45.3 Å². The number of thiophene rings is 1. The first-order chi connectivity index (χ1) is 13.4. The fourth-order valence-electron chi connectivity index (χ4n) is 3.26. The van der Waals surface area contributed by atoms with Gasteiger partial charge in [0.15, 0.2) is 0 Å². The minimum Gasteiger partial charge on any atom is -0.492 e. The Morgan fingerprint density at radius 3 is 2.68 bits per heavy atom. The van der Waals surface area contributed by atoms with E-state index in [0.717, 1.165) is 37.0 Å². The first-order valence-electron chi connectivity index (χ1n) is 9.25. The number of primary amides is 1. The van der Waals surface area contributed by atoms with Gasteiger partial charge in [-0.2, -0.15) is 0 Å². The van der Waals surface area contributed by atoms with E-state index in [4.69, 9.17) is 22.1 Å². The van der Waals surface area contributed by atoms with Crippen LogP contribution in [0.3, 0.4) is 0 Å². The van der Waals surface area contributed by atoms with Gasteiger partial charge in [-0.15, -0.1) is 11.3 Å². The molecule has 6 nitrogen and oxygen atoms in total. The number of nitrogens with zero attached hydrogens (tertiary/aromatic N) is 1. The number of fused-ring (bicyclic) bond motifs is 1. The predicted molar refractivity (Wildman–Crippen MR) is 113 cm³/mol. The van der Waals surface area contributed by atoms with Crippen LogP contribution in [0.1, 0.15) is 33.6 Å². The van der Waals surface area contributed by atoms with Gasteiger partial charge < -0.3 is 15.8 Å². The summed E-state index contributed by atoms with van der Waals surface area (Å²) in [7, 11) is 1.85. The Kier molecular flexibility index (Phi) is 6.93. The van der Waals surface area contributed by atoms with E-state index in [-0.39, 0.29) is 12.5 Å². The van der Waals surface area contributed by atoms with E-state index in [1.807, 2.05) is 11.9 Å². The molecule has 0 radical (unpaired) electrons. The summed E-state index contributed by atoms with van der Waals surface area (Å²) >= 11 is 7.32. The molecule has 0 atom stereocenters. The number of carbonyl (C=O) groups excluding carboxylic acids is 2. The number of ether oxygens (including phenoxy) is 1. The van der Waals surface area contributed by atoms with Gasteiger partial charge in [0, 0.05) is 16.4 Å². The zero-order chi connectivity index (χ0) is 20.1. The second-order valence-corrected chi connectivity index (χ2v) is 8.41. The molecule has 0 fully saturated rings. The van der Waals surface area contributed by atoms with Crippen LogP contribution >= 0.6 is 22.9 Å². The number of anilines is 1. The summed E-state index contributed by atoms with van der Waals surface area (Å²) in [5.41, 5.74) is 7.08. The summed E-state index contributed by atoms with van der Waals surface area (Å²) in [5, 5.41) is 4.11. The van der Waals surface area contributed by atoms with Crippen molar-refractivity contribution in [3.63, 3.8) is 0 Å². The summed E-state index contributed by atoms with van der Waals surface area (Å²) in [5.74, 6) is 0.0898. The maximum Gasteiger partial charge on any atom is 0.251 e. The van der Waals surface area contributed by atoms with Crippen LogP contribution in [0.2, 0.25) is 5.02 Å². The number of benzene rings is 1. The van der Waals surface area contributed by atoms with Crippen molar-refractivity contribution in [1.29, 1.82) is 0 Å². The van der Waals surface area contributed by atoms with Crippen molar-refractivity contribution in [1.82, 2.24) is 4.90 Å². The maximum atomic E-state index is 12.4. The van der Waals surface area contributed by atoms with Crippen LogP contribution in [0.5, 0.6) is 5.75 Å². The number of nitrogens with two attached hydrogens (primary N) is 1. The van der Waals surface area contributed by atoms with Crippen molar-refractivity contribution in [3.8, 4) is 5.75 Å². The van der Waals surface area contributed by atoms with Crippen LogP contribution in [0.15, 0.2) is 24.3 Å². The number of amides is 2. The summed E-state index contributed by atoms with van der Waals surface area (Å²) in [6.07, 6.45) is 3.95. The minimum absolute atomic E-state index is 0.171. The van der Waals surface area contributed by atoms with Crippen LogP contribution in [0.4, 0.5) is 5.00 Å². The van der Waals surface area contributed by atoms with E-state index in [1.165, 1.54) is 16.2 Å². The molecule has 2 aromatic rings. The third-order valence-electron chi connectivity index (χ3n) is 4.64. The maximum absolute atomic E-state index is 12.4. The Labute approximate surface area is 173 Å². The lowest BCUT2D eigenvalue weighted by atomic mass is 9.95. The molecule has 1 aliphatic carbocycles. The molecule has 0 bridgehead atoms. The van der Waals surface area contributed by atoms with Gasteiger partial charge in [0.1, 0.15) is 17.4 Å². The number of nitrogens with one attached hydrogen (secondary N) is 1. The number of likely N-dealkylation sites (N-methyl/N-ethyl adjacent to an activating group) is 1. The Hall–Kier alpha value is -2.09. The van der Waals surface area contributed by atoms with Gasteiger partial charge in [-0.25, -0.2) is 0 Å². The predicted octanol–water partition coefficient (Wildman–Crippen LogP) is 3.33. The zero-order valence-electron chi connectivity index (χ0n) is 15.8. The molecule has 2 amide bonds. The fourth-order valence-corrected chi connectivity index (χ4v) is 4.69. The van der Waals surface area contributed by atoms with E-state index < -0.39 is 5.91 Å². The van der Waals surface area contributed by atoms with E-state index in [2.05, 4.69) is 5.32 Å². The third-order valence-corrected chi connectivity index (χ3v) is 6.10. The van der Waals surface area contributed by atoms with Gasteiger partial charge in [0.2, 0.25) is 5.91 Å². The Morgan fingerprint density at radius 1 is 1.25 bits per heavy atom. The lowest BCUT2D eigenvalue weighted by Gasteiger charge is -2.16. The van der Waals surface area contributed by atoms with Crippen molar-refractivity contribution < 1.29 is 14.3 Å². The molecule has 0 saturated carbocycles. The summed E-state index contributed by atoms with van der Waals surface area (Å²) < 4.78 is 5.65. The average Bonchev–Trinajstić information content (AvgIpc) is 3.01. The lowest BCUT2D eigenvalue weighted by molar-refractivity contribution is -0.117. The molecule has 1 aliphatic rings. The molecule has 0 spiro atoms. The molecule has 150 valence electrons. The SMILES string of the molecule is CN(CCOc1ccc(Cl)cc1)CC(=O)Nc1sc2c(c1C(N)=O)CCCC2. The standard InChI is InChI=1S/C20H24ClN3O3S/c1-24(10-11-27-14-8-6-13(21)7-9-14)12-17(25)23-20-18(19(22)26)15-4-2-3-5-16(15)28-20/h6-9H,2-5,10-12H2,1H3,(H2,22,26)(H,23,25). The minimum atomic E-state index is -0.473. The first kappa shape index (κ1) is 20.6. The topological polar surface area (TPSA) is 84.7 Å². The molecule has 1 aromatic carbocycles. The average molecular weight is 422 g/mol. The highest BCUT2D eigenvalue weighted by Crippen LogP contribution is 2.37. The van der Waals surface area contributed by atoms with Crippen molar-refractivity contribution in [2.75, 3.05) is 32.1 Å². The van der Waals surface area contributed by atoms with Crippen molar-refractivity contribution in [2.24, 2.45) is 5.73 Å². The van der Waals surface area contributed by atoms with Gasteiger partial charge in [-0.3, -0.25) is 14.5 Å². The largest absolute Gasteiger partial charge is 0.492 e. The molecule has 0 unspecified atom stereocenters. The molecule has 28 heavy (non-hydrogen) atoms. The summed E-state index contributed by atoms with van der Waals surface area (Å²) in [6.45, 7) is 1.23. The second-order valence-electron chi connectivity index (χ2n) is 6.87. The van der Waals surface area contributed by atoms with Crippen molar-refractivity contribution >= 4 is 39.8 Å². The van der Waals surface area contributed by atoms with Gasteiger partial charge in [-0.05, 0) is 62.6 Å². The molecule has 0 aliphatic heterocycles. The molecule has 3 N–H and O–H groups in total. The fraction of sp³-hybridized carbons (Fsp3) is 0.400. The first-order valence-corrected chi connectivity index (χ1v) is 10.4. The second kappa shape index (κ2) is 9.41. The van der Waals surface area contributed by atoms with Crippen molar-refractivity contribution in [2.45, 2.75) is 25.7 Å². The van der Waals surface area contributed by atoms with Crippen LogP contribution in [0.25, 0.3) is 0 Å². The third kappa shape index (κ3) is 5.25. The normalized spacial score (nSPS) is 13.2. The smallest absolute Gasteiger partial charge is 0.251 e. The number of hydrogen-bond acceptors (Lipinski definition) is 5. The molecule has 1 heterocycles. The number of halogens is 1. The lowest BCUT2D eigenvalue weighted by Crippen LogP contribution is -2.33. The molecule has 0 saturated heterocycles. The quantitative estimate of drug-likeness (QED) is 0.684. The molecule has 3 rings (SSSR count). The van der Waals surface area contributed by atoms with Gasteiger partial charge >= 0.3 is 0 Å². The monoisotopic (exact) mass is 421 g/mol. The Balaban J connectivity index is 1.51.